The van der Waals surface area contributed by atoms with Crippen LogP contribution in [-0.4, -0.2) is 0 Å². The highest BCUT2D eigenvalue weighted by atomic mass is 79.9. The zero-order valence-electron chi connectivity index (χ0n) is 8.14. The zero-order chi connectivity index (χ0) is 10.5. The monoisotopic (exact) mass is 262 g/mol. The van der Waals surface area contributed by atoms with Crippen LogP contribution >= 0.6 is 15.9 Å². The Morgan fingerprint density at radius 2 is 1.33 bits per heavy atom. The molecule has 0 N–H and O–H groups in total. The quantitative estimate of drug-likeness (QED) is 0.755. The molecule has 0 aliphatic heterocycles. The summed E-state index contributed by atoms with van der Waals surface area (Å²) in [5, 5.41) is -0.0962. The van der Waals surface area contributed by atoms with Crippen LogP contribution in [-0.2, 0) is 0 Å². The molecule has 0 bridgehead atoms. The van der Waals surface area contributed by atoms with Gasteiger partial charge < -0.3 is 4.74 Å². The van der Waals surface area contributed by atoms with Crippen LogP contribution in [0.5, 0.6) is 5.75 Å². The molecule has 1 unspecified atom stereocenters. The lowest BCUT2D eigenvalue weighted by atomic mass is 10.2. The van der Waals surface area contributed by atoms with Crippen LogP contribution in [0.3, 0.4) is 0 Å². The first-order valence-corrected chi connectivity index (χ1v) is 5.68. The van der Waals surface area contributed by atoms with E-state index in [2.05, 4.69) is 15.9 Å². The second kappa shape index (κ2) is 4.99. The van der Waals surface area contributed by atoms with Crippen molar-refractivity contribution in [2.45, 2.75) is 5.01 Å². The van der Waals surface area contributed by atoms with E-state index in [-0.39, 0.29) is 5.01 Å². The number of alkyl halides is 1. The first-order chi connectivity index (χ1) is 7.36. The van der Waals surface area contributed by atoms with E-state index >= 15 is 0 Å². The van der Waals surface area contributed by atoms with Crippen LogP contribution in [0.25, 0.3) is 0 Å². The summed E-state index contributed by atoms with van der Waals surface area (Å²) in [5.41, 5.74) is 1.11. The zero-order valence-corrected chi connectivity index (χ0v) is 9.72. The van der Waals surface area contributed by atoms with E-state index in [1.807, 2.05) is 60.7 Å². The molecule has 2 rings (SSSR count). The van der Waals surface area contributed by atoms with Crippen LogP contribution in [0.1, 0.15) is 10.6 Å². The molecular formula is C13H11BrO. The number of benzene rings is 2. The molecule has 2 aromatic carbocycles. The molecule has 0 radical (unpaired) electrons. The maximum atomic E-state index is 5.72. The summed E-state index contributed by atoms with van der Waals surface area (Å²) in [6, 6.07) is 19.8. The van der Waals surface area contributed by atoms with Crippen molar-refractivity contribution in [2.75, 3.05) is 0 Å². The van der Waals surface area contributed by atoms with Crippen LogP contribution < -0.4 is 4.74 Å². The van der Waals surface area contributed by atoms with E-state index in [4.69, 9.17) is 4.74 Å². The molecule has 0 aromatic heterocycles. The molecule has 76 valence electrons. The van der Waals surface area contributed by atoms with Gasteiger partial charge >= 0.3 is 0 Å². The van der Waals surface area contributed by atoms with E-state index < -0.39 is 0 Å². The topological polar surface area (TPSA) is 9.23 Å². The second-order valence-corrected chi connectivity index (χ2v) is 3.99. The van der Waals surface area contributed by atoms with E-state index in [1.54, 1.807) is 0 Å². The van der Waals surface area contributed by atoms with Crippen molar-refractivity contribution >= 4 is 15.9 Å². The molecule has 15 heavy (non-hydrogen) atoms. The van der Waals surface area contributed by atoms with Gasteiger partial charge in [0, 0.05) is 5.56 Å². The molecule has 1 atom stereocenters. The van der Waals surface area contributed by atoms with Gasteiger partial charge in [0.2, 0.25) is 0 Å². The van der Waals surface area contributed by atoms with Gasteiger partial charge in [0.1, 0.15) is 5.75 Å². The maximum absolute atomic E-state index is 5.72. The minimum atomic E-state index is -0.0962. The summed E-state index contributed by atoms with van der Waals surface area (Å²) in [7, 11) is 0. The molecule has 0 saturated carbocycles. The van der Waals surface area contributed by atoms with E-state index in [9.17, 15) is 0 Å². The van der Waals surface area contributed by atoms with Gasteiger partial charge in [-0.25, -0.2) is 0 Å². The lowest BCUT2D eigenvalue weighted by Crippen LogP contribution is -1.98. The summed E-state index contributed by atoms with van der Waals surface area (Å²) in [4.78, 5) is 0. The number of rotatable bonds is 3. The Morgan fingerprint density at radius 1 is 0.800 bits per heavy atom. The minimum absolute atomic E-state index is 0.0962. The molecule has 0 spiro atoms. The van der Waals surface area contributed by atoms with Crippen LogP contribution in [0.4, 0.5) is 0 Å². The average molecular weight is 263 g/mol. The molecule has 2 aromatic rings. The average Bonchev–Trinajstić information content (AvgIpc) is 2.31. The third-order valence-corrected chi connectivity index (χ3v) is 2.76. The van der Waals surface area contributed by atoms with Crippen molar-refractivity contribution in [3.63, 3.8) is 0 Å². The van der Waals surface area contributed by atoms with Gasteiger partial charge in [-0.3, -0.25) is 0 Å². The van der Waals surface area contributed by atoms with Gasteiger partial charge in [0.15, 0.2) is 5.01 Å². The summed E-state index contributed by atoms with van der Waals surface area (Å²) >= 11 is 3.50. The molecule has 0 aliphatic rings. The molecule has 0 amide bonds. The number of hydrogen-bond acceptors (Lipinski definition) is 1. The van der Waals surface area contributed by atoms with Gasteiger partial charge in [-0.05, 0) is 28.1 Å². The third-order valence-electron chi connectivity index (χ3n) is 2.04. The van der Waals surface area contributed by atoms with Crippen LogP contribution in [0, 0.1) is 0 Å². The van der Waals surface area contributed by atoms with Crippen molar-refractivity contribution in [1.82, 2.24) is 0 Å². The largest absolute Gasteiger partial charge is 0.474 e. The first-order valence-electron chi connectivity index (χ1n) is 4.77. The van der Waals surface area contributed by atoms with Gasteiger partial charge in [0.25, 0.3) is 0 Å². The molecular weight excluding hydrogens is 252 g/mol. The van der Waals surface area contributed by atoms with Gasteiger partial charge in [-0.15, -0.1) is 0 Å². The molecule has 0 fully saturated rings. The number of hydrogen-bond donors (Lipinski definition) is 0. The highest BCUT2D eigenvalue weighted by Crippen LogP contribution is 2.26. The molecule has 0 aliphatic carbocycles. The van der Waals surface area contributed by atoms with Gasteiger partial charge in [0.05, 0.1) is 0 Å². The third kappa shape index (κ3) is 2.83. The first kappa shape index (κ1) is 10.2. The maximum Gasteiger partial charge on any atom is 0.178 e. The van der Waals surface area contributed by atoms with Crippen LogP contribution in [0.15, 0.2) is 60.7 Å². The van der Waals surface area contributed by atoms with Crippen molar-refractivity contribution in [1.29, 1.82) is 0 Å². The number of para-hydroxylation sites is 1. The SMILES string of the molecule is BrC(Oc1ccccc1)c1ccccc1. The second-order valence-electron chi connectivity index (χ2n) is 3.16. The van der Waals surface area contributed by atoms with E-state index in [1.165, 1.54) is 0 Å². The van der Waals surface area contributed by atoms with E-state index in [0.29, 0.717) is 0 Å². The molecule has 0 heterocycles. The van der Waals surface area contributed by atoms with Gasteiger partial charge in [-0.1, -0.05) is 48.5 Å². The molecule has 0 saturated heterocycles. The van der Waals surface area contributed by atoms with Crippen molar-refractivity contribution in [2.24, 2.45) is 0 Å². The Morgan fingerprint density at radius 3 is 1.93 bits per heavy atom. The van der Waals surface area contributed by atoms with Crippen molar-refractivity contribution in [3.05, 3.63) is 66.2 Å². The fraction of sp³-hybridized carbons (Fsp3) is 0.0769. The van der Waals surface area contributed by atoms with Gasteiger partial charge in [-0.2, -0.15) is 0 Å². The number of halogens is 1. The Bertz CT molecular complexity index is 399. The smallest absolute Gasteiger partial charge is 0.178 e. The lowest BCUT2D eigenvalue weighted by Gasteiger charge is -2.12. The Labute approximate surface area is 97.8 Å². The highest BCUT2D eigenvalue weighted by molar-refractivity contribution is 9.09. The van der Waals surface area contributed by atoms with Crippen molar-refractivity contribution in [3.8, 4) is 5.75 Å². The van der Waals surface area contributed by atoms with E-state index in [0.717, 1.165) is 11.3 Å². The highest BCUT2D eigenvalue weighted by Gasteiger charge is 2.07. The lowest BCUT2D eigenvalue weighted by molar-refractivity contribution is 0.302. The normalized spacial score (nSPS) is 12.1. The Kier molecular flexibility index (Phi) is 3.41. The molecule has 1 nitrogen and oxygen atoms in total. The standard InChI is InChI=1S/C13H11BrO/c14-13(11-7-3-1-4-8-11)15-12-9-5-2-6-10-12/h1-10,13H. The van der Waals surface area contributed by atoms with Crippen LogP contribution in [0.2, 0.25) is 0 Å². The summed E-state index contributed by atoms with van der Waals surface area (Å²) in [5.74, 6) is 0.864. The Balaban J connectivity index is 2.08. The number of ether oxygens (including phenoxy) is 1. The fourth-order valence-corrected chi connectivity index (χ4v) is 1.81. The fourth-order valence-electron chi connectivity index (χ4n) is 1.29. The minimum Gasteiger partial charge on any atom is -0.474 e. The van der Waals surface area contributed by atoms with Crippen molar-refractivity contribution < 1.29 is 4.74 Å². The Hall–Kier alpha value is -1.28. The predicted molar refractivity (Wildman–Crippen MR) is 65.2 cm³/mol. The summed E-state index contributed by atoms with van der Waals surface area (Å²) in [6.07, 6.45) is 0. The molecule has 2 heteroatoms. The summed E-state index contributed by atoms with van der Waals surface area (Å²) in [6.45, 7) is 0. The predicted octanol–water partition coefficient (Wildman–Crippen LogP) is 4.16. The summed E-state index contributed by atoms with van der Waals surface area (Å²) < 4.78 is 5.72.